The van der Waals surface area contributed by atoms with Crippen molar-refractivity contribution in [3.63, 3.8) is 0 Å². The van der Waals surface area contributed by atoms with E-state index in [0.717, 1.165) is 42.0 Å². The summed E-state index contributed by atoms with van der Waals surface area (Å²) in [5.74, 6) is -2.22. The van der Waals surface area contributed by atoms with Gasteiger partial charge in [0, 0.05) is 36.6 Å². The van der Waals surface area contributed by atoms with Crippen molar-refractivity contribution in [1.82, 2.24) is 26.2 Å². The number of likely N-dealkylation sites (N-methyl/N-ethyl adjacent to an activating group) is 1. The zero-order valence-corrected chi connectivity index (χ0v) is 30.5. The number of thiocarbonyl (C=S) groups is 2. The van der Waals surface area contributed by atoms with Gasteiger partial charge >= 0.3 is 5.97 Å². The molecule has 2 atom stereocenters. The largest absolute Gasteiger partial charge is 0.479 e. The number of nitrogens with one attached hydrogen (secondary N) is 6. The highest BCUT2D eigenvalue weighted by Gasteiger charge is 2.26. The first-order valence-electron chi connectivity index (χ1n) is 15.9. The molecule has 3 rings (SSSR count). The fourth-order valence-corrected chi connectivity index (χ4v) is 6.03. The molecule has 0 aliphatic carbocycles. The number of fused-ring (bicyclic) bond motifs is 1. The number of amides is 3. The highest BCUT2D eigenvalue weighted by molar-refractivity contribution is 7.98. The Bertz CT molecular complexity index is 1540. The number of hydrogen-bond donors (Lipinski definition) is 7. The molecule has 7 N–H and O–H groups in total. The maximum Gasteiger partial charge on any atom is 0.330 e. The zero-order chi connectivity index (χ0) is 35.9. The van der Waals surface area contributed by atoms with Crippen LogP contribution >= 0.6 is 36.2 Å². The first-order valence-corrected chi connectivity index (χ1v) is 18.1. The molecule has 12 nitrogen and oxygen atoms in total. The van der Waals surface area contributed by atoms with E-state index in [1.54, 1.807) is 13.0 Å². The lowest BCUT2D eigenvalue weighted by Gasteiger charge is -2.27. The number of carbonyl (C=O) groups is 4. The van der Waals surface area contributed by atoms with Crippen LogP contribution in [0.15, 0.2) is 54.6 Å². The Kier molecular flexibility index (Phi) is 15.9. The van der Waals surface area contributed by atoms with E-state index in [9.17, 15) is 24.3 Å². The molecule has 15 heteroatoms. The van der Waals surface area contributed by atoms with Gasteiger partial charge in [-0.05, 0) is 111 Å². The van der Waals surface area contributed by atoms with Crippen LogP contribution in [0, 0.1) is 0 Å². The number of nitrogens with zero attached hydrogens (tertiary/aromatic N) is 1. The van der Waals surface area contributed by atoms with Gasteiger partial charge in [-0.3, -0.25) is 14.4 Å². The van der Waals surface area contributed by atoms with Gasteiger partial charge in [0.2, 0.25) is 11.8 Å². The van der Waals surface area contributed by atoms with Crippen molar-refractivity contribution in [2.75, 3.05) is 49.3 Å². The molecule has 0 spiro atoms. The highest BCUT2D eigenvalue weighted by atomic mass is 32.2. The molecule has 2 aromatic rings. The van der Waals surface area contributed by atoms with E-state index in [0.29, 0.717) is 52.8 Å². The summed E-state index contributed by atoms with van der Waals surface area (Å²) in [6.07, 6.45) is 3.80. The summed E-state index contributed by atoms with van der Waals surface area (Å²) in [5.41, 5.74) is 4.56. The molecule has 3 amide bonds. The Hall–Kier alpha value is -4.05. The van der Waals surface area contributed by atoms with Crippen molar-refractivity contribution >= 4 is 81.4 Å². The predicted octanol–water partition coefficient (Wildman–Crippen LogP) is 3.29. The molecular weight excluding hydrogens is 683 g/mol. The Morgan fingerprint density at radius 2 is 1.71 bits per heavy atom. The van der Waals surface area contributed by atoms with E-state index in [-0.39, 0.29) is 5.91 Å². The van der Waals surface area contributed by atoms with E-state index in [2.05, 4.69) is 43.4 Å². The van der Waals surface area contributed by atoms with Crippen molar-refractivity contribution in [2.45, 2.75) is 51.2 Å². The third-order valence-electron chi connectivity index (χ3n) is 7.74. The van der Waals surface area contributed by atoms with Crippen LogP contribution in [0.25, 0.3) is 0 Å². The fourth-order valence-electron chi connectivity index (χ4n) is 5.22. The fraction of sp³-hybridized carbons (Fsp3) is 0.412. The summed E-state index contributed by atoms with van der Waals surface area (Å²) >= 11 is 11.9. The van der Waals surface area contributed by atoms with Gasteiger partial charge in [-0.25, -0.2) is 4.79 Å². The molecule has 0 bridgehead atoms. The maximum atomic E-state index is 13.3. The third kappa shape index (κ3) is 13.1. The maximum absolute atomic E-state index is 13.3. The minimum Gasteiger partial charge on any atom is -0.479 e. The summed E-state index contributed by atoms with van der Waals surface area (Å²) < 4.78 is 0. The van der Waals surface area contributed by atoms with E-state index < -0.39 is 36.4 Å². The van der Waals surface area contributed by atoms with Crippen molar-refractivity contribution < 1.29 is 24.3 Å². The summed E-state index contributed by atoms with van der Waals surface area (Å²) in [6.45, 7) is 7.23. The lowest BCUT2D eigenvalue weighted by molar-refractivity contribution is -0.140. The number of carbonyl (C=O) groups excluding carboxylic acids is 3. The van der Waals surface area contributed by atoms with Crippen LogP contribution in [0.2, 0.25) is 0 Å². The number of carboxylic acids is 1. The average molecular weight is 728 g/mol. The van der Waals surface area contributed by atoms with Gasteiger partial charge < -0.3 is 41.9 Å². The van der Waals surface area contributed by atoms with Crippen molar-refractivity contribution in [1.29, 1.82) is 0 Å². The Morgan fingerprint density at radius 1 is 1.02 bits per heavy atom. The van der Waals surface area contributed by atoms with Crippen LogP contribution in [0.1, 0.15) is 47.7 Å². The molecule has 1 aliphatic rings. The highest BCUT2D eigenvalue weighted by Crippen LogP contribution is 2.22. The van der Waals surface area contributed by atoms with Gasteiger partial charge in [-0.15, -0.1) is 0 Å². The zero-order valence-electron chi connectivity index (χ0n) is 28.0. The molecule has 0 saturated heterocycles. The van der Waals surface area contributed by atoms with Crippen LogP contribution in [-0.2, 0) is 27.3 Å². The van der Waals surface area contributed by atoms with Gasteiger partial charge in [0.15, 0.2) is 5.11 Å². The Labute approximate surface area is 302 Å². The quantitative estimate of drug-likeness (QED) is 0.0725. The summed E-state index contributed by atoms with van der Waals surface area (Å²) in [5, 5.41) is 27.2. The Balaban J connectivity index is 1.45. The minimum atomic E-state index is -1.34. The first kappa shape index (κ1) is 39.4. The van der Waals surface area contributed by atoms with Gasteiger partial charge in [-0.1, -0.05) is 30.9 Å². The molecule has 2 aromatic carbocycles. The first-order chi connectivity index (χ1) is 23.4. The molecule has 264 valence electrons. The molecule has 1 aliphatic heterocycles. The van der Waals surface area contributed by atoms with Crippen LogP contribution in [-0.4, -0.2) is 94.6 Å². The number of anilines is 2. The number of carboxylic acid groups (broad SMARTS) is 1. The lowest BCUT2D eigenvalue weighted by Crippen LogP contribution is -2.51. The molecule has 1 heterocycles. The summed E-state index contributed by atoms with van der Waals surface area (Å²) in [6, 6.07) is 10.9. The van der Waals surface area contributed by atoms with E-state index in [1.807, 2.05) is 49.7 Å². The summed E-state index contributed by atoms with van der Waals surface area (Å²) in [7, 11) is 2.03. The molecule has 0 aromatic heterocycles. The number of thioether (sulfide) groups is 1. The molecule has 49 heavy (non-hydrogen) atoms. The SMILES string of the molecule is C=C(CCCNC(=S)Nc1ccc(NC(C)=S)cc1)[C@H](NC(=O)CNC(=O)[C@H](CCSC)NC(=O)c1cccc2c1CCN(C)C2)C(=O)O. The molecular formula is C34H45N7O5S3. The van der Waals surface area contributed by atoms with Crippen LogP contribution in [0.4, 0.5) is 11.4 Å². The van der Waals surface area contributed by atoms with Crippen molar-refractivity contribution in [2.24, 2.45) is 0 Å². The number of hydrogen-bond acceptors (Lipinski definition) is 8. The lowest BCUT2D eigenvalue weighted by atomic mass is 9.94. The normalized spacial score (nSPS) is 13.5. The number of rotatable bonds is 17. The van der Waals surface area contributed by atoms with E-state index in [4.69, 9.17) is 24.4 Å². The van der Waals surface area contributed by atoms with Gasteiger partial charge in [0.25, 0.3) is 5.91 Å². The third-order valence-corrected chi connectivity index (χ3v) is 8.73. The average Bonchev–Trinajstić information content (AvgIpc) is 3.06. The Morgan fingerprint density at radius 3 is 2.37 bits per heavy atom. The van der Waals surface area contributed by atoms with Crippen LogP contribution < -0.4 is 31.9 Å². The van der Waals surface area contributed by atoms with Crippen molar-refractivity contribution in [3.05, 3.63) is 71.3 Å². The topological polar surface area (TPSA) is 164 Å². The molecule has 0 fully saturated rings. The van der Waals surface area contributed by atoms with Crippen molar-refractivity contribution in [3.8, 4) is 0 Å². The van der Waals surface area contributed by atoms with E-state index in [1.165, 1.54) is 11.8 Å². The van der Waals surface area contributed by atoms with Crippen LogP contribution in [0.3, 0.4) is 0 Å². The molecule has 0 saturated carbocycles. The number of benzene rings is 2. The van der Waals surface area contributed by atoms with E-state index >= 15 is 0 Å². The van der Waals surface area contributed by atoms with Gasteiger partial charge in [0.05, 0.1) is 11.5 Å². The van der Waals surface area contributed by atoms with Gasteiger partial charge in [-0.2, -0.15) is 11.8 Å². The second-order valence-electron chi connectivity index (χ2n) is 11.7. The number of aliphatic carboxylic acids is 1. The standard InChI is InChI=1S/C34H45N7O5S3/c1-21(7-6-16-35-34(48)38-25-12-10-24(11-13-25)37-22(2)47)30(33(45)46)40-29(42)19-36-32(44)28(15-18-49-4)39-31(43)27-9-5-8-23-20-41(3)17-14-26(23)27/h5,8-13,28,30H,1,6-7,14-20H2,2-4H3,(H,36,44)(H,37,47)(H,39,43)(H,40,42)(H,45,46)(H2,35,38,48)/t28-,30-/m0/s1. The minimum absolute atomic E-state index is 0.298. The second kappa shape index (κ2) is 19.8. The smallest absolute Gasteiger partial charge is 0.330 e. The molecule has 0 unspecified atom stereocenters. The van der Waals surface area contributed by atoms with Crippen LogP contribution in [0.5, 0.6) is 0 Å². The van der Waals surface area contributed by atoms with Gasteiger partial charge in [0.1, 0.15) is 12.1 Å². The monoisotopic (exact) mass is 727 g/mol. The molecule has 0 radical (unpaired) electrons. The second-order valence-corrected chi connectivity index (χ2v) is 13.7. The summed E-state index contributed by atoms with van der Waals surface area (Å²) in [4.78, 5) is 54.0. The predicted molar refractivity (Wildman–Crippen MR) is 204 cm³/mol.